The maximum atomic E-state index is 13.1. The number of nitrogens with zero attached hydrogens (tertiary/aromatic N) is 2. The minimum absolute atomic E-state index is 0.249. The van der Waals surface area contributed by atoms with Crippen LogP contribution in [0.2, 0.25) is 5.02 Å². The molecular weight excluding hydrogens is 353 g/mol. The summed E-state index contributed by atoms with van der Waals surface area (Å²) in [7, 11) is 0. The normalized spacial score (nSPS) is 11.1. The predicted octanol–water partition coefficient (Wildman–Crippen LogP) is 4.93. The van der Waals surface area contributed by atoms with Gasteiger partial charge in [0.15, 0.2) is 0 Å². The van der Waals surface area contributed by atoms with Crippen molar-refractivity contribution in [2.45, 2.75) is 13.8 Å². The van der Waals surface area contributed by atoms with E-state index in [1.165, 1.54) is 18.2 Å². The lowest BCUT2D eigenvalue weighted by atomic mass is 10.2. The minimum atomic E-state index is -0.297. The highest BCUT2D eigenvalue weighted by Gasteiger charge is 2.11. The Balaban J connectivity index is 1.79. The van der Waals surface area contributed by atoms with E-state index in [0.717, 1.165) is 22.6 Å². The molecule has 0 aliphatic carbocycles. The summed E-state index contributed by atoms with van der Waals surface area (Å²) in [6, 6.07) is 13.0. The smallest absolute Gasteiger partial charge is 0.248 e. The average Bonchev–Trinajstić information content (AvgIpc) is 2.90. The van der Waals surface area contributed by atoms with Crippen molar-refractivity contribution in [3.8, 4) is 5.69 Å². The number of hydrogen-bond donors (Lipinski definition) is 1. The van der Waals surface area contributed by atoms with E-state index >= 15 is 0 Å². The molecule has 0 bridgehead atoms. The molecule has 2 aromatic carbocycles. The number of amides is 1. The third-order valence-electron chi connectivity index (χ3n) is 3.93. The fourth-order valence-electron chi connectivity index (χ4n) is 2.61. The molecule has 0 fully saturated rings. The summed E-state index contributed by atoms with van der Waals surface area (Å²) in [6.07, 6.45) is 3.18. The first-order valence-corrected chi connectivity index (χ1v) is 8.38. The summed E-state index contributed by atoms with van der Waals surface area (Å²) < 4.78 is 14.8. The van der Waals surface area contributed by atoms with Crippen LogP contribution in [0.1, 0.15) is 17.0 Å². The minimum Gasteiger partial charge on any atom is -0.323 e. The maximum Gasteiger partial charge on any atom is 0.248 e. The van der Waals surface area contributed by atoms with Crippen molar-refractivity contribution in [3.63, 3.8) is 0 Å². The molecule has 1 heterocycles. The molecule has 26 heavy (non-hydrogen) atoms. The van der Waals surface area contributed by atoms with Crippen LogP contribution in [-0.4, -0.2) is 15.7 Å². The highest BCUT2D eigenvalue weighted by atomic mass is 35.5. The number of rotatable bonds is 4. The lowest BCUT2D eigenvalue weighted by molar-refractivity contribution is -0.111. The number of hydrogen-bond acceptors (Lipinski definition) is 2. The van der Waals surface area contributed by atoms with E-state index in [4.69, 9.17) is 11.6 Å². The molecule has 1 N–H and O–H groups in total. The van der Waals surface area contributed by atoms with Crippen LogP contribution in [0.5, 0.6) is 0 Å². The van der Waals surface area contributed by atoms with Gasteiger partial charge in [-0.3, -0.25) is 4.79 Å². The van der Waals surface area contributed by atoms with Crippen LogP contribution >= 0.6 is 11.6 Å². The summed E-state index contributed by atoms with van der Waals surface area (Å²) in [5.74, 6) is -0.546. The monoisotopic (exact) mass is 369 g/mol. The van der Waals surface area contributed by atoms with Crippen molar-refractivity contribution in [1.29, 1.82) is 0 Å². The lowest BCUT2D eigenvalue weighted by Crippen LogP contribution is -2.07. The molecule has 1 amide bonds. The zero-order valence-corrected chi connectivity index (χ0v) is 15.1. The molecule has 0 aliphatic heterocycles. The first kappa shape index (κ1) is 17.9. The molecule has 3 rings (SSSR count). The SMILES string of the molecule is Cc1nn(-c2ccc(F)cc2)c(C)c1/C=C/C(=O)Nc1ccc(Cl)cc1. The van der Waals surface area contributed by atoms with Crippen molar-refractivity contribution in [2.24, 2.45) is 0 Å². The predicted molar refractivity (Wildman–Crippen MR) is 102 cm³/mol. The van der Waals surface area contributed by atoms with Gasteiger partial charge in [-0.15, -0.1) is 0 Å². The number of carbonyl (C=O) groups excluding carboxylic acids is 1. The van der Waals surface area contributed by atoms with Crippen molar-refractivity contribution in [1.82, 2.24) is 9.78 Å². The van der Waals surface area contributed by atoms with Crippen LogP contribution in [0, 0.1) is 19.7 Å². The van der Waals surface area contributed by atoms with Crippen molar-refractivity contribution in [2.75, 3.05) is 5.32 Å². The quantitative estimate of drug-likeness (QED) is 0.662. The van der Waals surface area contributed by atoms with E-state index in [9.17, 15) is 9.18 Å². The average molecular weight is 370 g/mol. The van der Waals surface area contributed by atoms with Crippen molar-refractivity contribution >= 4 is 29.3 Å². The Bertz CT molecular complexity index is 960. The first-order chi connectivity index (χ1) is 12.4. The van der Waals surface area contributed by atoms with Gasteiger partial charge in [-0.05, 0) is 68.5 Å². The second kappa shape index (κ2) is 7.54. The molecule has 0 unspecified atom stereocenters. The second-order valence-corrected chi connectivity index (χ2v) is 6.24. The molecule has 3 aromatic rings. The standard InChI is InChI=1S/C20H17ClFN3O/c1-13-19(11-12-20(26)23-17-7-3-15(21)4-8-17)14(2)25(24-13)18-9-5-16(22)6-10-18/h3-12H,1-2H3,(H,23,26)/b12-11+. The Morgan fingerprint density at radius 1 is 1.12 bits per heavy atom. The van der Waals surface area contributed by atoms with Crippen LogP contribution in [-0.2, 0) is 4.79 Å². The molecule has 4 nitrogen and oxygen atoms in total. The molecule has 0 atom stereocenters. The molecule has 6 heteroatoms. The van der Waals surface area contributed by atoms with Crippen LogP contribution < -0.4 is 5.32 Å². The number of anilines is 1. The zero-order valence-electron chi connectivity index (χ0n) is 14.3. The van der Waals surface area contributed by atoms with E-state index in [1.807, 2.05) is 13.8 Å². The van der Waals surface area contributed by atoms with Gasteiger partial charge in [0.05, 0.1) is 11.4 Å². The summed E-state index contributed by atoms with van der Waals surface area (Å²) in [5, 5.41) is 7.86. The highest BCUT2D eigenvalue weighted by molar-refractivity contribution is 6.30. The van der Waals surface area contributed by atoms with Crippen molar-refractivity contribution < 1.29 is 9.18 Å². The number of benzene rings is 2. The number of aryl methyl sites for hydroxylation is 1. The third kappa shape index (κ3) is 4.00. The molecule has 132 valence electrons. The number of carbonyl (C=O) groups is 1. The molecule has 0 radical (unpaired) electrons. The van der Waals surface area contributed by atoms with Gasteiger partial charge >= 0.3 is 0 Å². The Kier molecular flexibility index (Phi) is 5.19. The summed E-state index contributed by atoms with van der Waals surface area (Å²) >= 11 is 5.83. The van der Waals surface area contributed by atoms with Crippen LogP contribution in [0.15, 0.2) is 54.6 Å². The van der Waals surface area contributed by atoms with Gasteiger partial charge in [-0.2, -0.15) is 5.10 Å². The molecule has 0 spiro atoms. The Morgan fingerprint density at radius 2 is 1.77 bits per heavy atom. The molecule has 0 aliphatic rings. The summed E-state index contributed by atoms with van der Waals surface area (Å²) in [6.45, 7) is 3.77. The summed E-state index contributed by atoms with van der Waals surface area (Å²) in [5.41, 5.74) is 3.92. The largest absolute Gasteiger partial charge is 0.323 e. The number of nitrogens with one attached hydrogen (secondary N) is 1. The highest BCUT2D eigenvalue weighted by Crippen LogP contribution is 2.20. The second-order valence-electron chi connectivity index (χ2n) is 5.80. The van der Waals surface area contributed by atoms with Gasteiger partial charge in [0.2, 0.25) is 5.91 Å². The van der Waals surface area contributed by atoms with Crippen LogP contribution in [0.3, 0.4) is 0 Å². The van der Waals surface area contributed by atoms with Gasteiger partial charge in [0, 0.05) is 28.0 Å². The van der Waals surface area contributed by atoms with E-state index in [-0.39, 0.29) is 11.7 Å². The fraction of sp³-hybridized carbons (Fsp3) is 0.100. The van der Waals surface area contributed by atoms with Gasteiger partial charge in [0.25, 0.3) is 0 Å². The van der Waals surface area contributed by atoms with Crippen LogP contribution in [0.4, 0.5) is 10.1 Å². The lowest BCUT2D eigenvalue weighted by Gasteiger charge is -2.04. The van der Waals surface area contributed by atoms with E-state index in [2.05, 4.69) is 10.4 Å². The number of halogens is 2. The van der Waals surface area contributed by atoms with Gasteiger partial charge in [0.1, 0.15) is 5.82 Å². The van der Waals surface area contributed by atoms with Crippen molar-refractivity contribution in [3.05, 3.63) is 82.4 Å². The van der Waals surface area contributed by atoms with E-state index in [1.54, 1.807) is 47.2 Å². The maximum absolute atomic E-state index is 13.1. The molecule has 1 aromatic heterocycles. The topological polar surface area (TPSA) is 46.9 Å². The van der Waals surface area contributed by atoms with E-state index < -0.39 is 0 Å². The Morgan fingerprint density at radius 3 is 2.42 bits per heavy atom. The van der Waals surface area contributed by atoms with Gasteiger partial charge in [-0.1, -0.05) is 11.6 Å². The Labute approximate surface area is 155 Å². The fourth-order valence-corrected chi connectivity index (χ4v) is 2.73. The first-order valence-electron chi connectivity index (χ1n) is 8.01. The zero-order chi connectivity index (χ0) is 18.7. The third-order valence-corrected chi connectivity index (χ3v) is 4.18. The molecule has 0 saturated carbocycles. The molecular formula is C20H17ClFN3O. The summed E-state index contributed by atoms with van der Waals surface area (Å²) in [4.78, 5) is 12.1. The molecule has 0 saturated heterocycles. The van der Waals surface area contributed by atoms with E-state index in [0.29, 0.717) is 10.7 Å². The van der Waals surface area contributed by atoms with Gasteiger partial charge < -0.3 is 5.32 Å². The Hall–Kier alpha value is -2.92. The van der Waals surface area contributed by atoms with Gasteiger partial charge in [-0.25, -0.2) is 9.07 Å². The number of aromatic nitrogens is 2. The van der Waals surface area contributed by atoms with Crippen LogP contribution in [0.25, 0.3) is 11.8 Å².